The number of nitrogens with zero attached hydrogens (tertiary/aromatic N) is 1. The number of nitrogens with one attached hydrogen (secondary N) is 1. The summed E-state index contributed by atoms with van der Waals surface area (Å²) in [4.78, 5) is 14.7. The molecule has 1 aromatic rings. The van der Waals surface area contributed by atoms with Gasteiger partial charge in [0.2, 0.25) is 5.91 Å². The summed E-state index contributed by atoms with van der Waals surface area (Å²) in [5.74, 6) is 0.476. The molecule has 4 heteroatoms. The van der Waals surface area contributed by atoms with Gasteiger partial charge in [-0.05, 0) is 37.8 Å². The number of amides is 1. The number of carbonyl (C=O) groups is 1. The van der Waals surface area contributed by atoms with Crippen LogP contribution < -0.4 is 5.32 Å². The van der Waals surface area contributed by atoms with Crippen LogP contribution in [0.15, 0.2) is 24.3 Å². The van der Waals surface area contributed by atoms with E-state index in [4.69, 9.17) is 0 Å². The largest absolute Gasteiger partial charge is 0.335 e. The number of halogens is 1. The van der Waals surface area contributed by atoms with Gasteiger partial charge in [-0.1, -0.05) is 25.1 Å². The Morgan fingerprint density at radius 2 is 2.19 bits per heavy atom. The van der Waals surface area contributed by atoms with Gasteiger partial charge >= 0.3 is 0 Å². The molecule has 0 saturated carbocycles. The Morgan fingerprint density at radius 3 is 2.90 bits per heavy atom. The summed E-state index contributed by atoms with van der Waals surface area (Å²) in [6, 6.07) is 6.76. The lowest BCUT2D eigenvalue weighted by Crippen LogP contribution is -2.43. The minimum Gasteiger partial charge on any atom is -0.335 e. The molecule has 0 bridgehead atoms. The van der Waals surface area contributed by atoms with E-state index in [-0.39, 0.29) is 23.7 Å². The highest BCUT2D eigenvalue weighted by Gasteiger charge is 2.38. The third kappa shape index (κ3) is 2.95. The summed E-state index contributed by atoms with van der Waals surface area (Å²) >= 11 is 0. The zero-order valence-electron chi connectivity index (χ0n) is 12.5. The average molecular weight is 290 g/mol. The molecule has 2 aliphatic rings. The lowest BCUT2D eigenvalue weighted by Gasteiger charge is -2.31. The fraction of sp³-hybridized carbons (Fsp3) is 0.588. The number of hydrogen-bond donors (Lipinski definition) is 1. The minimum absolute atomic E-state index is 0.0540. The van der Waals surface area contributed by atoms with Gasteiger partial charge < -0.3 is 10.2 Å². The molecular formula is C17H23FN2O. The molecule has 3 atom stereocenters. The number of benzene rings is 1. The van der Waals surface area contributed by atoms with Gasteiger partial charge in [-0.2, -0.15) is 0 Å². The smallest absolute Gasteiger partial charge is 0.227 e. The highest BCUT2D eigenvalue weighted by molar-refractivity contribution is 5.80. The topological polar surface area (TPSA) is 32.3 Å². The van der Waals surface area contributed by atoms with E-state index in [9.17, 15) is 9.18 Å². The van der Waals surface area contributed by atoms with Crippen LogP contribution in [0.1, 0.15) is 37.8 Å². The summed E-state index contributed by atoms with van der Waals surface area (Å²) in [6.45, 7) is 4.64. The Hall–Kier alpha value is -1.42. The van der Waals surface area contributed by atoms with Crippen molar-refractivity contribution in [3.63, 3.8) is 0 Å². The van der Waals surface area contributed by atoms with Gasteiger partial charge in [0.15, 0.2) is 0 Å². The maximum Gasteiger partial charge on any atom is 0.227 e. The minimum atomic E-state index is -0.198. The number of carbonyl (C=O) groups excluding carboxylic acids is 1. The summed E-state index contributed by atoms with van der Waals surface area (Å²) in [6.07, 6.45) is 2.84. The maximum absolute atomic E-state index is 14.1. The Kier molecular flexibility index (Phi) is 4.24. The van der Waals surface area contributed by atoms with Gasteiger partial charge in [-0.3, -0.25) is 4.79 Å². The Balaban J connectivity index is 1.82. The molecule has 3 rings (SSSR count). The quantitative estimate of drug-likeness (QED) is 0.908. The van der Waals surface area contributed by atoms with Crippen molar-refractivity contribution in [2.24, 2.45) is 11.8 Å². The summed E-state index contributed by atoms with van der Waals surface area (Å²) in [7, 11) is 0. The Morgan fingerprint density at radius 1 is 1.38 bits per heavy atom. The molecule has 1 amide bonds. The number of piperidine rings is 1. The van der Waals surface area contributed by atoms with Crippen molar-refractivity contribution in [2.45, 2.75) is 32.2 Å². The number of likely N-dealkylation sites (tertiary alicyclic amines) is 1. The second-order valence-electron chi connectivity index (χ2n) is 6.41. The van der Waals surface area contributed by atoms with E-state index < -0.39 is 0 Å². The molecular weight excluding hydrogens is 267 g/mol. The van der Waals surface area contributed by atoms with Crippen molar-refractivity contribution in [3.05, 3.63) is 35.6 Å². The van der Waals surface area contributed by atoms with Crippen molar-refractivity contribution in [3.8, 4) is 0 Å². The van der Waals surface area contributed by atoms with Crippen LogP contribution in [0.2, 0.25) is 0 Å². The first-order valence-electron chi connectivity index (χ1n) is 7.92. The predicted molar refractivity (Wildman–Crippen MR) is 80.2 cm³/mol. The summed E-state index contributed by atoms with van der Waals surface area (Å²) in [5.41, 5.74) is 0.666. The molecule has 2 fully saturated rings. The van der Waals surface area contributed by atoms with Crippen LogP contribution in [-0.2, 0) is 4.79 Å². The lowest BCUT2D eigenvalue weighted by molar-refractivity contribution is -0.137. The van der Waals surface area contributed by atoms with Crippen molar-refractivity contribution in [2.75, 3.05) is 19.6 Å². The van der Waals surface area contributed by atoms with Crippen LogP contribution in [0.3, 0.4) is 0 Å². The zero-order chi connectivity index (χ0) is 14.8. The van der Waals surface area contributed by atoms with E-state index in [1.165, 1.54) is 6.07 Å². The van der Waals surface area contributed by atoms with Gasteiger partial charge in [0.05, 0.1) is 12.0 Å². The van der Waals surface area contributed by atoms with E-state index in [1.54, 1.807) is 6.07 Å². The van der Waals surface area contributed by atoms with Gasteiger partial charge in [0, 0.05) is 18.7 Å². The molecule has 0 aliphatic carbocycles. The first kappa shape index (κ1) is 14.5. The molecule has 1 N–H and O–H groups in total. The molecule has 21 heavy (non-hydrogen) atoms. The number of hydrogen-bond acceptors (Lipinski definition) is 2. The van der Waals surface area contributed by atoms with Crippen molar-refractivity contribution in [1.82, 2.24) is 10.2 Å². The fourth-order valence-corrected chi connectivity index (χ4v) is 3.63. The molecule has 2 heterocycles. The number of rotatable bonds is 2. The second-order valence-corrected chi connectivity index (χ2v) is 6.41. The summed E-state index contributed by atoms with van der Waals surface area (Å²) in [5, 5.41) is 3.29. The second kappa shape index (κ2) is 6.14. The van der Waals surface area contributed by atoms with E-state index in [2.05, 4.69) is 12.2 Å². The lowest BCUT2D eigenvalue weighted by atomic mass is 9.96. The highest BCUT2D eigenvalue weighted by Crippen LogP contribution is 2.37. The molecule has 2 aliphatic heterocycles. The normalized spacial score (nSPS) is 29.6. The first-order chi connectivity index (χ1) is 10.2. The van der Waals surface area contributed by atoms with Gasteiger partial charge in [-0.15, -0.1) is 0 Å². The summed E-state index contributed by atoms with van der Waals surface area (Å²) < 4.78 is 14.1. The van der Waals surface area contributed by atoms with Crippen LogP contribution >= 0.6 is 0 Å². The van der Waals surface area contributed by atoms with Gasteiger partial charge in [0.1, 0.15) is 5.82 Å². The van der Waals surface area contributed by atoms with E-state index in [0.717, 1.165) is 38.9 Å². The standard InChI is InChI=1S/C17H23FN2O/c1-12-9-16(14-6-2-3-7-15(14)18)20(11-12)17(21)13-5-4-8-19-10-13/h2-3,6-7,12-13,16,19H,4-5,8-11H2,1H3. The molecule has 3 unspecified atom stereocenters. The molecule has 2 saturated heterocycles. The van der Waals surface area contributed by atoms with Crippen molar-refractivity contribution < 1.29 is 9.18 Å². The monoisotopic (exact) mass is 290 g/mol. The SMILES string of the molecule is CC1CC(c2ccccc2F)N(C(=O)C2CCCNC2)C1. The Labute approximate surface area is 125 Å². The van der Waals surface area contributed by atoms with E-state index in [0.29, 0.717) is 11.5 Å². The molecule has 1 aromatic carbocycles. The van der Waals surface area contributed by atoms with Crippen LogP contribution in [0, 0.1) is 17.7 Å². The van der Waals surface area contributed by atoms with Crippen LogP contribution in [-0.4, -0.2) is 30.4 Å². The molecule has 114 valence electrons. The average Bonchev–Trinajstić information content (AvgIpc) is 2.89. The first-order valence-corrected chi connectivity index (χ1v) is 7.92. The van der Waals surface area contributed by atoms with Crippen molar-refractivity contribution in [1.29, 1.82) is 0 Å². The highest BCUT2D eigenvalue weighted by atomic mass is 19.1. The van der Waals surface area contributed by atoms with Crippen LogP contribution in [0.25, 0.3) is 0 Å². The van der Waals surface area contributed by atoms with Crippen LogP contribution in [0.5, 0.6) is 0 Å². The molecule has 0 spiro atoms. The maximum atomic E-state index is 14.1. The van der Waals surface area contributed by atoms with E-state index in [1.807, 2.05) is 17.0 Å². The van der Waals surface area contributed by atoms with Gasteiger partial charge in [-0.25, -0.2) is 4.39 Å². The Bertz CT molecular complexity index is 513. The fourth-order valence-electron chi connectivity index (χ4n) is 3.63. The molecule has 3 nitrogen and oxygen atoms in total. The zero-order valence-corrected chi connectivity index (χ0v) is 12.5. The van der Waals surface area contributed by atoms with E-state index >= 15 is 0 Å². The molecule has 0 radical (unpaired) electrons. The van der Waals surface area contributed by atoms with Gasteiger partial charge in [0.25, 0.3) is 0 Å². The third-order valence-electron chi connectivity index (χ3n) is 4.70. The molecule has 0 aromatic heterocycles. The van der Waals surface area contributed by atoms with Crippen LogP contribution in [0.4, 0.5) is 4.39 Å². The van der Waals surface area contributed by atoms with Crippen molar-refractivity contribution >= 4 is 5.91 Å². The predicted octanol–water partition coefficient (Wildman–Crippen LogP) is 2.73. The third-order valence-corrected chi connectivity index (χ3v) is 4.70.